The molecule has 1 aromatic heterocycles. The van der Waals surface area contributed by atoms with Gasteiger partial charge in [-0.1, -0.05) is 18.2 Å². The van der Waals surface area contributed by atoms with Crippen LogP contribution in [0.3, 0.4) is 0 Å². The molecule has 1 aromatic carbocycles. The van der Waals surface area contributed by atoms with E-state index in [4.69, 9.17) is 5.73 Å². The zero-order valence-corrected chi connectivity index (χ0v) is 11.2. The van der Waals surface area contributed by atoms with Crippen LogP contribution in [0, 0.1) is 0 Å². The molecule has 3 rings (SSSR count). The summed E-state index contributed by atoms with van der Waals surface area (Å²) in [5, 5.41) is 0.942. The third kappa shape index (κ3) is 2.11. The van der Waals surface area contributed by atoms with Crippen LogP contribution in [-0.2, 0) is 6.54 Å². The Balaban J connectivity index is 1.89. The number of aromatic nitrogens is 2. The Morgan fingerprint density at radius 2 is 2.17 bits per heavy atom. The quantitative estimate of drug-likeness (QED) is 0.918. The molecule has 0 unspecified atom stereocenters. The summed E-state index contributed by atoms with van der Waals surface area (Å²) in [6.07, 6.45) is 2.47. The molecule has 1 heterocycles. The van der Waals surface area contributed by atoms with Gasteiger partial charge in [0.2, 0.25) is 5.13 Å². The number of para-hydroxylation sites is 1. The van der Waals surface area contributed by atoms with Gasteiger partial charge in [-0.25, -0.2) is 4.98 Å². The van der Waals surface area contributed by atoms with Gasteiger partial charge in [-0.15, -0.1) is 0 Å². The van der Waals surface area contributed by atoms with E-state index in [0.29, 0.717) is 12.5 Å². The first kappa shape index (κ1) is 11.6. The average molecular weight is 260 g/mol. The van der Waals surface area contributed by atoms with Crippen LogP contribution < -0.4 is 10.6 Å². The van der Waals surface area contributed by atoms with E-state index in [9.17, 15) is 0 Å². The third-order valence-corrected chi connectivity index (χ3v) is 4.04. The number of nitrogens with two attached hydrogens (primary N) is 1. The van der Waals surface area contributed by atoms with E-state index in [2.05, 4.69) is 26.4 Å². The molecule has 1 aliphatic carbocycles. The van der Waals surface area contributed by atoms with E-state index in [1.807, 2.05) is 19.2 Å². The topological polar surface area (TPSA) is 55.0 Å². The minimum Gasteiger partial charge on any atom is -0.326 e. The largest absolute Gasteiger partial charge is 0.326 e. The predicted octanol–water partition coefficient (Wildman–Crippen LogP) is 2.64. The van der Waals surface area contributed by atoms with Crippen molar-refractivity contribution in [1.82, 2.24) is 9.36 Å². The molecule has 0 aliphatic heterocycles. The predicted molar refractivity (Wildman–Crippen MR) is 74.3 cm³/mol. The van der Waals surface area contributed by atoms with E-state index < -0.39 is 0 Å². The normalized spacial score (nSPS) is 14.8. The summed E-state index contributed by atoms with van der Waals surface area (Å²) < 4.78 is 4.44. The molecular weight excluding hydrogens is 244 g/mol. The van der Waals surface area contributed by atoms with Crippen LogP contribution in [0.2, 0.25) is 0 Å². The summed E-state index contributed by atoms with van der Waals surface area (Å²) in [6.45, 7) is 0.537. The minimum absolute atomic E-state index is 0.537. The first-order valence-corrected chi connectivity index (χ1v) is 6.92. The van der Waals surface area contributed by atoms with Crippen molar-refractivity contribution in [2.24, 2.45) is 5.73 Å². The van der Waals surface area contributed by atoms with Gasteiger partial charge in [0.1, 0.15) is 5.82 Å². The molecule has 2 N–H and O–H groups in total. The Morgan fingerprint density at radius 1 is 1.39 bits per heavy atom. The highest BCUT2D eigenvalue weighted by Crippen LogP contribution is 2.40. The third-order valence-electron chi connectivity index (χ3n) is 3.23. The van der Waals surface area contributed by atoms with Gasteiger partial charge in [0.25, 0.3) is 0 Å². The van der Waals surface area contributed by atoms with Crippen LogP contribution >= 0.6 is 11.5 Å². The van der Waals surface area contributed by atoms with Crippen molar-refractivity contribution in [3.63, 3.8) is 0 Å². The number of anilines is 2. The molecule has 0 saturated heterocycles. The fourth-order valence-corrected chi connectivity index (χ4v) is 2.70. The highest BCUT2D eigenvalue weighted by atomic mass is 32.1. The minimum atomic E-state index is 0.537. The van der Waals surface area contributed by atoms with Gasteiger partial charge in [0.05, 0.1) is 0 Å². The van der Waals surface area contributed by atoms with E-state index in [-0.39, 0.29) is 0 Å². The van der Waals surface area contributed by atoms with Crippen molar-refractivity contribution in [2.75, 3.05) is 11.9 Å². The molecule has 0 amide bonds. The Bertz CT molecular complexity index is 547. The first-order valence-electron chi connectivity index (χ1n) is 6.15. The SMILES string of the molecule is CN(c1nc(C2CC2)ns1)c1ccccc1CN. The second-order valence-corrected chi connectivity index (χ2v) is 5.33. The lowest BCUT2D eigenvalue weighted by molar-refractivity contribution is 0.972. The summed E-state index contributed by atoms with van der Waals surface area (Å²) in [4.78, 5) is 6.69. The maximum Gasteiger partial charge on any atom is 0.209 e. The molecule has 1 fully saturated rings. The van der Waals surface area contributed by atoms with E-state index in [1.54, 1.807) is 0 Å². The maximum atomic E-state index is 5.77. The van der Waals surface area contributed by atoms with Gasteiger partial charge >= 0.3 is 0 Å². The lowest BCUT2D eigenvalue weighted by atomic mass is 10.1. The van der Waals surface area contributed by atoms with Crippen molar-refractivity contribution in [3.05, 3.63) is 35.7 Å². The maximum absolute atomic E-state index is 5.77. The van der Waals surface area contributed by atoms with Gasteiger partial charge in [-0.3, -0.25) is 0 Å². The van der Waals surface area contributed by atoms with E-state index in [1.165, 1.54) is 24.4 Å². The van der Waals surface area contributed by atoms with Crippen molar-refractivity contribution in [2.45, 2.75) is 25.3 Å². The summed E-state index contributed by atoms with van der Waals surface area (Å²) in [7, 11) is 2.02. The van der Waals surface area contributed by atoms with Crippen LogP contribution in [0.25, 0.3) is 0 Å². The molecular formula is C13H16N4S. The summed E-state index contributed by atoms with van der Waals surface area (Å²) in [5.74, 6) is 1.61. The summed E-state index contributed by atoms with van der Waals surface area (Å²) >= 11 is 1.46. The van der Waals surface area contributed by atoms with Crippen LogP contribution in [0.1, 0.15) is 30.1 Å². The molecule has 18 heavy (non-hydrogen) atoms. The van der Waals surface area contributed by atoms with Crippen LogP contribution in [-0.4, -0.2) is 16.4 Å². The van der Waals surface area contributed by atoms with E-state index in [0.717, 1.165) is 22.2 Å². The second-order valence-electron chi connectivity index (χ2n) is 4.60. The number of nitrogens with zero attached hydrogens (tertiary/aromatic N) is 3. The Hall–Kier alpha value is -1.46. The highest BCUT2D eigenvalue weighted by Gasteiger charge is 2.28. The Kier molecular flexibility index (Phi) is 3.01. The van der Waals surface area contributed by atoms with Crippen LogP contribution in [0.5, 0.6) is 0 Å². The number of hydrogen-bond acceptors (Lipinski definition) is 5. The van der Waals surface area contributed by atoms with Gasteiger partial charge in [-0.05, 0) is 24.5 Å². The molecule has 94 valence electrons. The average Bonchev–Trinajstić information content (AvgIpc) is 3.16. The van der Waals surface area contributed by atoms with Gasteiger partial charge in [0.15, 0.2) is 0 Å². The van der Waals surface area contributed by atoms with Crippen LogP contribution in [0.15, 0.2) is 24.3 Å². The fraction of sp³-hybridized carbons (Fsp3) is 0.385. The van der Waals surface area contributed by atoms with Crippen LogP contribution in [0.4, 0.5) is 10.8 Å². The molecule has 0 spiro atoms. The molecule has 0 atom stereocenters. The van der Waals surface area contributed by atoms with Crippen molar-refractivity contribution in [1.29, 1.82) is 0 Å². The standard InChI is InChI=1S/C13H16N4S/c1-17(11-5-3-2-4-10(11)8-14)13-15-12(16-18-13)9-6-7-9/h2-5,9H,6-8,14H2,1H3. The monoisotopic (exact) mass is 260 g/mol. The molecule has 0 radical (unpaired) electrons. The van der Waals surface area contributed by atoms with Crippen molar-refractivity contribution in [3.8, 4) is 0 Å². The molecule has 2 aromatic rings. The molecule has 5 heteroatoms. The van der Waals surface area contributed by atoms with E-state index >= 15 is 0 Å². The Morgan fingerprint density at radius 3 is 2.89 bits per heavy atom. The lowest BCUT2D eigenvalue weighted by Crippen LogP contribution is -2.13. The van der Waals surface area contributed by atoms with Gasteiger partial charge in [0, 0.05) is 36.7 Å². The number of benzene rings is 1. The van der Waals surface area contributed by atoms with Crippen molar-refractivity contribution < 1.29 is 0 Å². The highest BCUT2D eigenvalue weighted by molar-refractivity contribution is 7.09. The van der Waals surface area contributed by atoms with Gasteiger partial charge in [-0.2, -0.15) is 4.37 Å². The Labute approximate surface area is 111 Å². The van der Waals surface area contributed by atoms with Crippen molar-refractivity contribution >= 4 is 22.4 Å². The first-order chi connectivity index (χ1) is 8.79. The molecule has 1 saturated carbocycles. The zero-order valence-electron chi connectivity index (χ0n) is 10.3. The molecule has 0 bridgehead atoms. The molecule has 4 nitrogen and oxygen atoms in total. The fourth-order valence-electron chi connectivity index (χ4n) is 1.98. The lowest BCUT2D eigenvalue weighted by Gasteiger charge is -2.18. The molecule has 1 aliphatic rings. The smallest absolute Gasteiger partial charge is 0.209 e. The second kappa shape index (κ2) is 4.66. The van der Waals surface area contributed by atoms with Gasteiger partial charge < -0.3 is 10.6 Å². The number of hydrogen-bond donors (Lipinski definition) is 1. The summed E-state index contributed by atoms with van der Waals surface area (Å²) in [5.41, 5.74) is 8.01. The summed E-state index contributed by atoms with van der Waals surface area (Å²) in [6, 6.07) is 8.15. The number of rotatable bonds is 4. The zero-order chi connectivity index (χ0) is 12.5.